The molecule has 0 radical (unpaired) electrons. The number of aliphatic hydroxyl groups is 1. The van der Waals surface area contributed by atoms with Crippen molar-refractivity contribution in [2.45, 2.75) is 91.6 Å². The predicted octanol–water partition coefficient (Wildman–Crippen LogP) is 6.77. The third-order valence-corrected chi connectivity index (χ3v) is 20.1. The van der Waals surface area contributed by atoms with E-state index in [4.69, 9.17) is 4.74 Å². The Morgan fingerprint density at radius 3 is 1.93 bits per heavy atom. The van der Waals surface area contributed by atoms with Crippen LogP contribution in [0.4, 0.5) is 0 Å². The van der Waals surface area contributed by atoms with Crippen molar-refractivity contribution in [1.29, 1.82) is 0 Å². The van der Waals surface area contributed by atoms with Crippen LogP contribution < -0.4 is 0 Å². The molecule has 0 aliphatic rings. The van der Waals surface area contributed by atoms with E-state index in [1.807, 2.05) is 30.3 Å². The van der Waals surface area contributed by atoms with Gasteiger partial charge in [0.2, 0.25) is 0 Å². The predicted molar refractivity (Wildman–Crippen MR) is 126 cm³/mol. The number of unbranched alkanes of at least 4 members (excludes halogenated alkanes) is 3. The topological polar surface area (TPSA) is 46.5 Å². The van der Waals surface area contributed by atoms with E-state index in [9.17, 15) is 9.90 Å². The van der Waals surface area contributed by atoms with E-state index in [0.717, 1.165) is 0 Å². The third kappa shape index (κ3) is 8.45. The number of hydrogen-bond acceptors (Lipinski definition) is 3. The molecule has 164 valence electrons. The first-order valence-electron chi connectivity index (χ1n) is 11.6. The van der Waals surface area contributed by atoms with Crippen molar-refractivity contribution >= 4 is 24.3 Å². The number of hydrogen-bond donors (Lipinski definition) is 1. The summed E-state index contributed by atoms with van der Waals surface area (Å²) in [6.45, 7) is 8.86. The van der Waals surface area contributed by atoms with E-state index >= 15 is 0 Å². The standard InChI is InChI=1S/C13H15O3.3C4H9.Sn/c1-3-10-13(15,12(14)16-4-2)11-8-6-5-7-9-11;3*1-3-4-2;/h1,3,5-9,15H,4,10H2,2H3;3*1,3-4H2,2H3;/t13-;;;;/m1..../s1. The summed E-state index contributed by atoms with van der Waals surface area (Å²) in [5.74, 6) is -0.549. The van der Waals surface area contributed by atoms with Crippen molar-refractivity contribution in [2.24, 2.45) is 0 Å². The van der Waals surface area contributed by atoms with E-state index in [2.05, 4.69) is 30.9 Å². The van der Waals surface area contributed by atoms with Crippen LogP contribution in [0, 0.1) is 0 Å². The molecule has 1 aromatic rings. The van der Waals surface area contributed by atoms with E-state index in [1.54, 1.807) is 6.92 Å². The van der Waals surface area contributed by atoms with Gasteiger partial charge >= 0.3 is 183 Å². The molecule has 0 amide bonds. The molecule has 0 aliphatic heterocycles. The van der Waals surface area contributed by atoms with Crippen molar-refractivity contribution in [2.75, 3.05) is 6.61 Å². The van der Waals surface area contributed by atoms with Gasteiger partial charge in [0.05, 0.1) is 0 Å². The molecule has 1 rings (SSSR count). The van der Waals surface area contributed by atoms with Crippen LogP contribution in [0.25, 0.3) is 0 Å². The summed E-state index contributed by atoms with van der Waals surface area (Å²) in [7, 11) is 0. The fraction of sp³-hybridized carbons (Fsp3) is 0.640. The number of carbonyl (C=O) groups excluding carboxylic acids is 1. The summed E-state index contributed by atoms with van der Waals surface area (Å²) in [6.07, 6.45) is 10.0. The van der Waals surface area contributed by atoms with Gasteiger partial charge in [0.1, 0.15) is 0 Å². The Kier molecular flexibility index (Phi) is 12.9. The molecule has 0 saturated heterocycles. The van der Waals surface area contributed by atoms with Crippen LogP contribution in [0.5, 0.6) is 0 Å². The summed E-state index contributed by atoms with van der Waals surface area (Å²) in [5, 5.41) is 11.3. The second kappa shape index (κ2) is 14.2. The normalized spacial score (nSPS) is 14.1. The quantitative estimate of drug-likeness (QED) is 0.210. The summed E-state index contributed by atoms with van der Waals surface area (Å²) >= 11 is -2.44. The Balaban J connectivity index is 3.13. The molecule has 4 heteroatoms. The molecule has 1 atom stereocenters. The van der Waals surface area contributed by atoms with Gasteiger partial charge in [-0.3, -0.25) is 0 Å². The number of ether oxygens (including phenoxy) is 1. The Hall–Kier alpha value is -0.811. The molecule has 29 heavy (non-hydrogen) atoms. The molecule has 3 nitrogen and oxygen atoms in total. The van der Waals surface area contributed by atoms with Gasteiger partial charge in [-0.2, -0.15) is 0 Å². The van der Waals surface area contributed by atoms with Gasteiger partial charge in [-0.25, -0.2) is 0 Å². The first-order chi connectivity index (χ1) is 14.0. The molecular formula is C25H42O3Sn. The summed E-state index contributed by atoms with van der Waals surface area (Å²) in [4.78, 5) is 12.6. The van der Waals surface area contributed by atoms with Gasteiger partial charge in [0.25, 0.3) is 0 Å². The van der Waals surface area contributed by atoms with E-state index < -0.39 is 29.9 Å². The minimum absolute atomic E-state index is 0.268. The van der Waals surface area contributed by atoms with Crippen molar-refractivity contribution in [3.05, 3.63) is 46.1 Å². The SMILES string of the molecule is CCC[CH2][Sn](/[CH]=C/C[C@](O)(C(=O)OCC)c1ccccc1)([CH2]CCC)[CH2]CCC. The second-order valence-electron chi connectivity index (χ2n) is 8.23. The summed E-state index contributed by atoms with van der Waals surface area (Å²) in [5.41, 5.74) is -0.995. The second-order valence-corrected chi connectivity index (χ2v) is 21.2. The van der Waals surface area contributed by atoms with Crippen molar-refractivity contribution in [1.82, 2.24) is 0 Å². The van der Waals surface area contributed by atoms with E-state index in [1.165, 1.54) is 51.8 Å². The van der Waals surface area contributed by atoms with Crippen LogP contribution in [0.2, 0.25) is 13.3 Å². The van der Waals surface area contributed by atoms with E-state index in [-0.39, 0.29) is 6.61 Å². The molecule has 0 saturated carbocycles. The summed E-state index contributed by atoms with van der Waals surface area (Å²) < 4.78 is 11.9. The zero-order valence-electron chi connectivity index (χ0n) is 19.1. The van der Waals surface area contributed by atoms with Gasteiger partial charge in [-0.1, -0.05) is 0 Å². The van der Waals surface area contributed by atoms with Gasteiger partial charge in [-0.05, 0) is 0 Å². The average molecular weight is 509 g/mol. The fourth-order valence-corrected chi connectivity index (χ4v) is 18.4. The molecular weight excluding hydrogens is 467 g/mol. The summed E-state index contributed by atoms with van der Waals surface area (Å²) in [6, 6.07) is 9.23. The molecule has 1 aromatic carbocycles. The molecule has 0 heterocycles. The molecule has 0 fully saturated rings. The van der Waals surface area contributed by atoms with Crippen molar-refractivity contribution in [3.8, 4) is 0 Å². The molecule has 0 aromatic heterocycles. The first-order valence-corrected chi connectivity index (χ1v) is 19.3. The monoisotopic (exact) mass is 510 g/mol. The molecule has 0 spiro atoms. The Bertz CT molecular complexity index is 578. The van der Waals surface area contributed by atoms with Crippen LogP contribution >= 0.6 is 0 Å². The first kappa shape index (κ1) is 26.2. The zero-order valence-corrected chi connectivity index (χ0v) is 21.9. The Morgan fingerprint density at radius 1 is 0.966 bits per heavy atom. The Morgan fingerprint density at radius 2 is 1.48 bits per heavy atom. The zero-order chi connectivity index (χ0) is 21.6. The third-order valence-electron chi connectivity index (χ3n) is 5.83. The number of carbonyl (C=O) groups is 1. The van der Waals surface area contributed by atoms with Crippen molar-refractivity contribution in [3.63, 3.8) is 0 Å². The van der Waals surface area contributed by atoms with Crippen LogP contribution in [0.15, 0.2) is 40.5 Å². The van der Waals surface area contributed by atoms with Gasteiger partial charge in [0, 0.05) is 0 Å². The van der Waals surface area contributed by atoms with Crippen LogP contribution in [-0.2, 0) is 15.1 Å². The molecule has 0 aliphatic carbocycles. The Labute approximate surface area is 182 Å². The van der Waals surface area contributed by atoms with Gasteiger partial charge in [0.15, 0.2) is 0 Å². The van der Waals surface area contributed by atoms with Crippen molar-refractivity contribution < 1.29 is 14.6 Å². The maximum absolute atomic E-state index is 12.6. The number of benzene rings is 1. The number of esters is 1. The van der Waals surface area contributed by atoms with Crippen LogP contribution in [-0.4, -0.2) is 36.1 Å². The number of rotatable bonds is 15. The fourth-order valence-electron chi connectivity index (χ4n) is 3.97. The molecule has 1 N–H and O–H groups in total. The van der Waals surface area contributed by atoms with E-state index in [0.29, 0.717) is 12.0 Å². The van der Waals surface area contributed by atoms with Gasteiger partial charge in [-0.15, -0.1) is 0 Å². The maximum atomic E-state index is 12.6. The van der Waals surface area contributed by atoms with Crippen LogP contribution in [0.1, 0.15) is 78.2 Å². The molecule has 0 bridgehead atoms. The van der Waals surface area contributed by atoms with Gasteiger partial charge < -0.3 is 0 Å². The minimum atomic E-state index is -2.44. The van der Waals surface area contributed by atoms with Crippen LogP contribution in [0.3, 0.4) is 0 Å². The average Bonchev–Trinajstić information content (AvgIpc) is 2.75. The molecule has 0 unspecified atom stereocenters.